The zero-order valence-electron chi connectivity index (χ0n) is 76.8. The quantitative estimate of drug-likeness (QED) is 0.0468. The van der Waals surface area contributed by atoms with E-state index < -0.39 is 90.0 Å². The molecule has 1 spiro atoms. The summed E-state index contributed by atoms with van der Waals surface area (Å²) in [5.41, 5.74) is 36.3. The molecule has 1 saturated carbocycles. The minimum atomic E-state index is -2.79. The minimum Gasteiger partial charge on any atom is -0.381 e. The lowest BCUT2D eigenvalue weighted by molar-refractivity contribution is -0.170. The summed E-state index contributed by atoms with van der Waals surface area (Å²) in [6.07, 6.45) is 30.8. The number of carbonyl (C=O) groups is 7. The molecule has 23 rings (SSSR count). The number of likely N-dealkylation sites (tertiary alicyclic amines) is 2. The lowest BCUT2D eigenvalue weighted by Crippen LogP contribution is -2.60. The first-order valence-electron chi connectivity index (χ1n) is 45.7. The normalized spacial score (nSPS) is 16.7. The van der Waals surface area contributed by atoms with Crippen LogP contribution in [0.2, 0.25) is 0 Å². The van der Waals surface area contributed by atoms with Gasteiger partial charge in [-0.25, -0.2) is 87.0 Å². The van der Waals surface area contributed by atoms with Gasteiger partial charge in [0.2, 0.25) is 11.8 Å². The Hall–Kier alpha value is -17.7. The molecule has 22 heterocycles. The van der Waals surface area contributed by atoms with Gasteiger partial charge >= 0.3 is 0 Å². The number of hydrogen-bond donors (Lipinski definition) is 10. The molecule has 49 nitrogen and oxygen atoms in total. The Bertz CT molecular complexity index is 7510. The summed E-state index contributed by atoms with van der Waals surface area (Å²) in [5, 5.41) is 72.2. The van der Waals surface area contributed by atoms with Crippen LogP contribution in [-0.2, 0) is 14.3 Å². The van der Waals surface area contributed by atoms with E-state index in [1.54, 1.807) is 17.3 Å². The van der Waals surface area contributed by atoms with Gasteiger partial charge in [0.1, 0.15) is 40.2 Å². The van der Waals surface area contributed by atoms with Gasteiger partial charge < -0.3 is 89.4 Å². The predicted octanol–water partition coefficient (Wildman–Crippen LogP) is 5.99. The van der Waals surface area contributed by atoms with Gasteiger partial charge in [-0.05, 0) is 70.1 Å². The third kappa shape index (κ3) is 20.7. The van der Waals surface area contributed by atoms with Crippen molar-refractivity contribution in [2.75, 3.05) is 167 Å². The van der Waals surface area contributed by atoms with Crippen molar-refractivity contribution in [1.82, 2.24) is 134 Å². The van der Waals surface area contributed by atoms with E-state index in [2.05, 4.69) is 133 Å². The number of nitrogens with zero attached hydrogens (tertiary/aromatic N) is 31. The van der Waals surface area contributed by atoms with Crippen molar-refractivity contribution in [3.63, 3.8) is 0 Å². The van der Waals surface area contributed by atoms with Gasteiger partial charge in [-0.1, -0.05) is 0 Å². The molecular weight excluding hydrogens is 1930 g/mol. The fourth-order valence-electron chi connectivity index (χ4n) is 18.0. The van der Waals surface area contributed by atoms with Gasteiger partial charge in [0.25, 0.3) is 35.5 Å². The number of alkyl halides is 4. The molecule has 0 radical (unpaired) electrons. The van der Waals surface area contributed by atoms with E-state index >= 15 is 0 Å². The second kappa shape index (κ2) is 40.7. The molecule has 146 heavy (non-hydrogen) atoms. The number of carbonyl (C=O) groups excluding carboxylic acids is 7. The van der Waals surface area contributed by atoms with Crippen molar-refractivity contribution in [2.24, 2.45) is 17.3 Å². The average molecular weight is 2020 g/mol. The summed E-state index contributed by atoms with van der Waals surface area (Å²) >= 11 is 0. The third-order valence-electron chi connectivity index (χ3n) is 25.8. The number of piperidine rings is 4. The fourth-order valence-corrected chi connectivity index (χ4v) is 18.0. The van der Waals surface area contributed by atoms with E-state index in [0.29, 0.717) is 135 Å². The van der Waals surface area contributed by atoms with Crippen LogP contribution < -0.4 is 74.9 Å². The molecule has 0 unspecified atom stereocenters. The molecule has 7 saturated heterocycles. The van der Waals surface area contributed by atoms with Gasteiger partial charge in [-0.15, -0.1) is 25.5 Å². The lowest BCUT2D eigenvalue weighted by atomic mass is 9.77. The summed E-state index contributed by atoms with van der Waals surface area (Å²) in [6.45, 7) is 5.73. The number of fused-ring (bicyclic) bond motifs is 5. The molecule has 58 heteroatoms. The number of rotatable bonds is 17. The first-order chi connectivity index (χ1) is 70.3. The van der Waals surface area contributed by atoms with E-state index in [-0.39, 0.29) is 122 Å². The standard InChI is InChI=1S/C20H20F3N9O2.C20H21F2N9O2.C18H19FN8O2.C16H16F2N8O.C14H12FN7O/c21-12-5-25-17-15(16(24)29-32(17)8-12)18(33)28-13-6-26-27-7-14(13)30-3-1-11(2-4-30)19(34)31-9-20(22,23)10-31;21-12-5-24-18-16(17(23)28-31(18)10-12)19(32)27-14-6-25-26-7-15(14)29-3-1-11(2-4-29)20(33)30-8-13(22)9-30;19-11-5-21-16-14(15(20)25-27(16)8-11)17(28)24-12-6-22-23-7-13(12)26-3-1-18(2-4-26)9-29-10-18;17-9-1-3-25(4-2-9)12-7-22-21-6-11(12)23-16(27)13-14(19)24-26-8-10(18)5-20-15(13)26;15-8-3-17-13-11(12(16)21-22(13)6-8)14(23)20-10-5-19-18-4-9(10)7-1-2-7/h5-8,11H,1-4,9-10H2,(H2,24,29)(H,27,28,33);5-7,10-11,13H,1-4,8-9H2,(H2,23,28)(H,26,27,32);5-8H,1-4,9-10H2,(H2,20,25)(H,23,24,28);5-9H,1-4H2,(H2,19,24)(H,22,23,27);3-7H,1-2H2,(H2,16,21)(H,18,20,23). The Kier molecular flexibility index (Phi) is 27.1. The monoisotopic (exact) mass is 2020 g/mol. The molecule has 15 aromatic heterocycles. The lowest BCUT2D eigenvalue weighted by Gasteiger charge is -2.47. The molecule has 0 atom stereocenters. The smallest absolute Gasteiger partial charge is 0.282 e. The maximum absolute atomic E-state index is 13.4. The first-order valence-corrected chi connectivity index (χ1v) is 45.7. The summed E-state index contributed by atoms with van der Waals surface area (Å²) < 4.78 is 130. The van der Waals surface area contributed by atoms with Crippen molar-refractivity contribution < 1.29 is 77.8 Å². The Morgan fingerprint density at radius 3 is 0.877 bits per heavy atom. The molecular formula is C88H88F9N41O8. The molecule has 15 N–H and O–H groups in total. The number of aromatic nitrogens is 25. The maximum Gasteiger partial charge on any atom is 0.282 e. The van der Waals surface area contributed by atoms with E-state index in [9.17, 15) is 73.1 Å². The maximum atomic E-state index is 13.4. The Morgan fingerprint density at radius 2 is 0.596 bits per heavy atom. The summed E-state index contributed by atoms with van der Waals surface area (Å²) in [4.78, 5) is 120. The molecule has 0 aromatic carbocycles. The van der Waals surface area contributed by atoms with Crippen LogP contribution in [0.4, 0.5) is 120 Å². The molecule has 756 valence electrons. The van der Waals surface area contributed by atoms with Crippen LogP contribution >= 0.6 is 0 Å². The summed E-state index contributed by atoms with van der Waals surface area (Å²) in [7, 11) is 0. The molecule has 15 aromatic rings. The highest BCUT2D eigenvalue weighted by atomic mass is 19.3. The fraction of sp³-hybridized carbons (Fsp3) is 0.352. The van der Waals surface area contributed by atoms with E-state index in [4.69, 9.17) is 33.4 Å². The largest absolute Gasteiger partial charge is 0.381 e. The Labute approximate surface area is 816 Å². The van der Waals surface area contributed by atoms with Crippen LogP contribution in [0.3, 0.4) is 0 Å². The number of nitrogen functional groups attached to an aromatic ring is 5. The van der Waals surface area contributed by atoms with Crippen LogP contribution in [0.25, 0.3) is 28.2 Å². The summed E-state index contributed by atoms with van der Waals surface area (Å²) in [6, 6.07) is 0. The molecule has 1 aliphatic carbocycles. The zero-order valence-corrected chi connectivity index (χ0v) is 76.8. The van der Waals surface area contributed by atoms with Crippen LogP contribution in [-0.4, -0.2) is 285 Å². The van der Waals surface area contributed by atoms with E-state index in [1.165, 1.54) is 54.5 Å². The third-order valence-corrected chi connectivity index (χ3v) is 25.8. The van der Waals surface area contributed by atoms with Crippen LogP contribution in [0.5, 0.6) is 0 Å². The highest BCUT2D eigenvalue weighted by molar-refractivity contribution is 6.16. The van der Waals surface area contributed by atoms with Crippen LogP contribution in [0.1, 0.15) is 127 Å². The van der Waals surface area contributed by atoms with Crippen molar-refractivity contribution >= 4 is 150 Å². The second-order valence-corrected chi connectivity index (χ2v) is 35.6. The number of ether oxygens (including phenoxy) is 1. The highest BCUT2D eigenvalue weighted by Crippen LogP contribution is 2.45. The number of nitrogens with two attached hydrogens (primary N) is 5. The predicted molar refractivity (Wildman–Crippen MR) is 503 cm³/mol. The number of nitrogens with one attached hydrogen (secondary N) is 5. The van der Waals surface area contributed by atoms with Gasteiger partial charge in [-0.2, -0.15) is 51.0 Å². The van der Waals surface area contributed by atoms with Gasteiger partial charge in [0.15, 0.2) is 86.4 Å². The first kappa shape index (κ1) is 97.2. The number of amides is 7. The highest BCUT2D eigenvalue weighted by Gasteiger charge is 2.49. The van der Waals surface area contributed by atoms with Gasteiger partial charge in [0.05, 0.1) is 215 Å². The van der Waals surface area contributed by atoms with Gasteiger partial charge in [-0.3, -0.25) is 33.6 Å². The zero-order chi connectivity index (χ0) is 102. The SMILES string of the molecule is Nc1nn2cc(F)cnc2c1C(=O)Nc1cnncc1C1CC1.Nc1nn2cc(F)cnc2c1C(=O)Nc1cnncc1N1CCC(C(=O)N2CC(F)(F)C2)CC1.Nc1nn2cc(F)cnc2c1C(=O)Nc1cnncc1N1CCC(C(=O)N2CC(F)C2)CC1.Nc1nn2cc(F)cnc2c1C(=O)Nc1cnncc1N1CCC(F)CC1.Nc1nn2cc(F)cnc2c1C(=O)Nc1cnncc1N1CCC2(CC1)COC2. The van der Waals surface area contributed by atoms with Crippen molar-refractivity contribution in [3.8, 4) is 0 Å². The topological polar surface area (TPSA) is 618 Å². The van der Waals surface area contributed by atoms with Crippen molar-refractivity contribution in [1.29, 1.82) is 0 Å². The molecule has 7 amide bonds. The van der Waals surface area contributed by atoms with Crippen LogP contribution in [0, 0.1) is 46.3 Å². The van der Waals surface area contributed by atoms with Crippen molar-refractivity contribution in [3.05, 3.63) is 186 Å². The number of anilines is 14. The Balaban J connectivity index is 0.000000116. The number of halogens is 9. The second-order valence-electron chi connectivity index (χ2n) is 35.6. The summed E-state index contributed by atoms with van der Waals surface area (Å²) in [5.74, 6) is -9.14. The Morgan fingerprint density at radius 1 is 0.329 bits per heavy atom. The number of hydrogen-bond acceptors (Lipinski definition) is 37. The molecule has 7 aliphatic heterocycles. The molecule has 8 aliphatic rings. The minimum absolute atomic E-state index is 0.00238. The van der Waals surface area contributed by atoms with Crippen molar-refractivity contribution in [2.45, 2.75) is 88.4 Å². The van der Waals surface area contributed by atoms with E-state index in [0.717, 1.165) is 148 Å². The average Bonchev–Trinajstić information content (AvgIpc) is 1.72. The molecule has 8 fully saturated rings. The molecule has 0 bridgehead atoms. The van der Waals surface area contributed by atoms with Gasteiger partial charge in [0, 0.05) is 75.2 Å². The van der Waals surface area contributed by atoms with E-state index in [1.807, 2.05) is 14.7 Å². The van der Waals surface area contributed by atoms with Crippen LogP contribution in [0.15, 0.2) is 124 Å².